The Labute approximate surface area is 66.9 Å². The van der Waals surface area contributed by atoms with Crippen molar-refractivity contribution >= 4 is 0 Å². The second kappa shape index (κ2) is 3.83. The van der Waals surface area contributed by atoms with Crippen LogP contribution in [-0.4, -0.2) is 0 Å². The van der Waals surface area contributed by atoms with Gasteiger partial charge in [-0.2, -0.15) is 0 Å². The Kier molecular flexibility index (Phi) is 2.98. The van der Waals surface area contributed by atoms with Gasteiger partial charge in [-0.05, 0) is 0 Å². The van der Waals surface area contributed by atoms with E-state index in [9.17, 15) is 0 Å². The summed E-state index contributed by atoms with van der Waals surface area (Å²) in [5.41, 5.74) is 1.22. The van der Waals surface area contributed by atoms with Crippen LogP contribution in [0.15, 0.2) is 30.3 Å². The van der Waals surface area contributed by atoms with E-state index >= 15 is 0 Å². The molecule has 0 aliphatic heterocycles. The van der Waals surface area contributed by atoms with Gasteiger partial charge in [-0.3, -0.25) is 0 Å². The number of rotatable bonds is 2. The maximum atomic E-state index is 4.93. The molecular formula is C7H7OTi. The van der Waals surface area contributed by atoms with Crippen molar-refractivity contribution in [1.29, 1.82) is 0 Å². The topological polar surface area (TPSA) is 9.23 Å². The molecule has 9 heavy (non-hydrogen) atoms. The molecule has 0 unspecified atom stereocenters. The van der Waals surface area contributed by atoms with Crippen LogP contribution >= 0.6 is 0 Å². The fourth-order valence-electron chi connectivity index (χ4n) is 0.658. The van der Waals surface area contributed by atoms with Crippen LogP contribution in [0.3, 0.4) is 0 Å². The van der Waals surface area contributed by atoms with Crippen LogP contribution < -0.4 is 0 Å². The average molecular weight is 155 g/mol. The third kappa shape index (κ3) is 2.31. The van der Waals surface area contributed by atoms with Gasteiger partial charge in [0.2, 0.25) is 0 Å². The quantitative estimate of drug-likeness (QED) is 0.590. The van der Waals surface area contributed by atoms with Crippen molar-refractivity contribution in [3.63, 3.8) is 0 Å². The molecule has 2 heteroatoms. The van der Waals surface area contributed by atoms with Gasteiger partial charge in [-0.25, -0.2) is 0 Å². The molecule has 0 saturated heterocycles. The molecule has 1 rings (SSSR count). The van der Waals surface area contributed by atoms with Crippen LogP contribution in [-0.2, 0) is 30.7 Å². The third-order valence-corrected chi connectivity index (χ3v) is 1.31. The van der Waals surface area contributed by atoms with Crippen LogP contribution in [0.5, 0.6) is 0 Å². The Hall–Kier alpha value is -0.106. The molecule has 0 bridgehead atoms. The van der Waals surface area contributed by atoms with E-state index in [0.29, 0.717) is 6.61 Å². The van der Waals surface area contributed by atoms with E-state index in [1.54, 1.807) is 20.8 Å². The predicted molar refractivity (Wildman–Crippen MR) is 31.2 cm³/mol. The van der Waals surface area contributed by atoms with Gasteiger partial charge in [0.1, 0.15) is 0 Å². The molecule has 0 aliphatic carbocycles. The van der Waals surface area contributed by atoms with Gasteiger partial charge in [0.15, 0.2) is 0 Å². The zero-order valence-corrected chi connectivity index (χ0v) is 6.56. The first kappa shape index (κ1) is 7.01. The first-order chi connectivity index (χ1) is 4.43. The van der Waals surface area contributed by atoms with Gasteiger partial charge in [0.05, 0.1) is 0 Å². The molecule has 0 spiro atoms. The van der Waals surface area contributed by atoms with Crippen LogP contribution in [0.4, 0.5) is 0 Å². The summed E-state index contributed by atoms with van der Waals surface area (Å²) in [5.74, 6) is 0. The molecule has 45 valence electrons. The summed E-state index contributed by atoms with van der Waals surface area (Å²) >= 11 is 1.70. The first-order valence-electron chi connectivity index (χ1n) is 2.76. The predicted octanol–water partition coefficient (Wildman–Crippen LogP) is 1.67. The molecule has 0 amide bonds. The molecule has 1 aromatic carbocycles. The van der Waals surface area contributed by atoms with E-state index in [1.165, 1.54) is 5.56 Å². The van der Waals surface area contributed by atoms with E-state index in [-0.39, 0.29) is 0 Å². The molecule has 1 aromatic rings. The minimum atomic E-state index is 0.709. The minimum absolute atomic E-state index is 0.709. The molecule has 0 fully saturated rings. The van der Waals surface area contributed by atoms with Crippen molar-refractivity contribution in [2.75, 3.05) is 0 Å². The first-order valence-corrected chi connectivity index (χ1v) is 3.39. The van der Waals surface area contributed by atoms with Crippen molar-refractivity contribution in [2.24, 2.45) is 0 Å². The second-order valence-corrected chi connectivity index (χ2v) is 2.23. The molecule has 0 heterocycles. The van der Waals surface area contributed by atoms with Gasteiger partial charge in [0, 0.05) is 0 Å². The fraction of sp³-hybridized carbons (Fsp3) is 0.143. The molecule has 0 N–H and O–H groups in total. The van der Waals surface area contributed by atoms with E-state index in [4.69, 9.17) is 3.32 Å². The van der Waals surface area contributed by atoms with Crippen LogP contribution in [0.25, 0.3) is 0 Å². The van der Waals surface area contributed by atoms with E-state index in [2.05, 4.69) is 0 Å². The van der Waals surface area contributed by atoms with E-state index < -0.39 is 0 Å². The average Bonchev–Trinajstić information content (AvgIpc) is 1.91. The second-order valence-electron chi connectivity index (χ2n) is 1.77. The summed E-state index contributed by atoms with van der Waals surface area (Å²) in [4.78, 5) is 0. The molecule has 0 saturated carbocycles. The fourth-order valence-corrected chi connectivity index (χ4v) is 0.918. The zero-order chi connectivity index (χ0) is 6.53. The summed E-state index contributed by atoms with van der Waals surface area (Å²) in [7, 11) is 0. The summed E-state index contributed by atoms with van der Waals surface area (Å²) in [6.07, 6.45) is 0. The van der Waals surface area contributed by atoms with Crippen molar-refractivity contribution in [2.45, 2.75) is 6.61 Å². The van der Waals surface area contributed by atoms with Crippen molar-refractivity contribution in [3.05, 3.63) is 35.9 Å². The van der Waals surface area contributed by atoms with Crippen molar-refractivity contribution < 1.29 is 24.1 Å². The van der Waals surface area contributed by atoms with Crippen molar-refractivity contribution in [1.82, 2.24) is 0 Å². The molecule has 0 atom stereocenters. The Morgan fingerprint density at radius 2 is 1.89 bits per heavy atom. The van der Waals surface area contributed by atoms with Gasteiger partial charge in [0.25, 0.3) is 0 Å². The molecular weight excluding hydrogens is 148 g/mol. The summed E-state index contributed by atoms with van der Waals surface area (Å²) in [6, 6.07) is 10.1. The normalized spacial score (nSPS) is 9.22. The van der Waals surface area contributed by atoms with Gasteiger partial charge in [-0.1, -0.05) is 0 Å². The third-order valence-electron chi connectivity index (χ3n) is 1.08. The van der Waals surface area contributed by atoms with Crippen LogP contribution in [0.2, 0.25) is 0 Å². The molecule has 1 nitrogen and oxygen atoms in total. The molecule has 0 radical (unpaired) electrons. The summed E-state index contributed by atoms with van der Waals surface area (Å²) in [6.45, 7) is 0.709. The van der Waals surface area contributed by atoms with Gasteiger partial charge < -0.3 is 0 Å². The molecule has 0 aliphatic rings. The van der Waals surface area contributed by atoms with Crippen molar-refractivity contribution in [3.8, 4) is 0 Å². The number of hydrogen-bond acceptors (Lipinski definition) is 1. The number of benzene rings is 1. The van der Waals surface area contributed by atoms with Gasteiger partial charge in [-0.15, -0.1) is 0 Å². The molecule has 0 aromatic heterocycles. The standard InChI is InChI=1S/C7H7O.Ti/c8-6-7-4-2-1-3-5-7;/h1-5H,6H2;/q-1;+1. The zero-order valence-electron chi connectivity index (χ0n) is 5.00. The Morgan fingerprint density at radius 1 is 1.22 bits per heavy atom. The monoisotopic (exact) mass is 155 g/mol. The van der Waals surface area contributed by atoms with E-state index in [1.807, 2.05) is 30.3 Å². The summed E-state index contributed by atoms with van der Waals surface area (Å²) < 4.78 is 4.93. The Balaban J connectivity index is 2.61. The number of hydrogen-bond donors (Lipinski definition) is 0. The SMILES string of the molecule is [Ti][O]Cc1ccccc1. The van der Waals surface area contributed by atoms with Crippen LogP contribution in [0.1, 0.15) is 5.56 Å². The Bertz CT molecular complexity index is 162. The summed E-state index contributed by atoms with van der Waals surface area (Å²) in [5, 5.41) is 0. The van der Waals surface area contributed by atoms with Gasteiger partial charge >= 0.3 is 66.6 Å². The van der Waals surface area contributed by atoms with Crippen LogP contribution in [0, 0.1) is 0 Å². The Morgan fingerprint density at radius 3 is 2.44 bits per heavy atom. The van der Waals surface area contributed by atoms with E-state index in [0.717, 1.165) is 0 Å². The maximum absolute atomic E-state index is 4.93.